The van der Waals surface area contributed by atoms with Crippen molar-refractivity contribution in [2.75, 3.05) is 13.7 Å². The zero-order valence-electron chi connectivity index (χ0n) is 21.5. The number of H-pyrrole nitrogens is 1. The number of benzene rings is 3. The lowest BCUT2D eigenvalue weighted by Crippen LogP contribution is -2.33. The zero-order chi connectivity index (χ0) is 26.6. The number of nitrogens with one attached hydrogen (secondary N) is 1. The number of amides is 1. The maximum atomic E-state index is 13.4. The van der Waals surface area contributed by atoms with Crippen LogP contribution in [-0.4, -0.2) is 40.3 Å². The number of fused-ring (bicyclic) bond motifs is 1. The molecule has 0 radical (unpaired) electrons. The molecular formula is C32H30N2O4. The van der Waals surface area contributed by atoms with E-state index in [-0.39, 0.29) is 11.4 Å². The molecule has 0 bridgehead atoms. The molecule has 1 aliphatic heterocycles. The first-order valence-electron chi connectivity index (χ1n) is 12.7. The van der Waals surface area contributed by atoms with Gasteiger partial charge >= 0.3 is 0 Å². The molecule has 1 amide bonds. The quantitative estimate of drug-likeness (QED) is 0.275. The molecule has 0 spiro atoms. The van der Waals surface area contributed by atoms with Crippen LogP contribution < -0.4 is 4.74 Å². The molecule has 1 atom stereocenters. The first-order chi connectivity index (χ1) is 18.5. The van der Waals surface area contributed by atoms with E-state index < -0.39 is 17.7 Å². The van der Waals surface area contributed by atoms with E-state index >= 15 is 0 Å². The van der Waals surface area contributed by atoms with Gasteiger partial charge in [0.2, 0.25) is 0 Å². The number of carbonyl (C=O) groups is 2. The minimum atomic E-state index is -0.680. The highest BCUT2D eigenvalue weighted by atomic mass is 16.5. The number of aliphatic hydroxyl groups is 1. The summed E-state index contributed by atoms with van der Waals surface area (Å²) in [6.07, 6.45) is 6.47. The number of aliphatic hydroxyl groups excluding tert-OH is 1. The maximum Gasteiger partial charge on any atom is 0.290 e. The van der Waals surface area contributed by atoms with E-state index in [1.54, 1.807) is 18.1 Å². The second-order valence-electron chi connectivity index (χ2n) is 9.34. The number of ketones is 1. The SMILES string of the molecule is CCc1ccc([C@H]2C(C(=O)/C=C/c3ccccc3)=C(O)C(=O)N2CCc2c[nH]c3ccc(OC)cc23)cc1. The van der Waals surface area contributed by atoms with E-state index in [1.807, 2.05) is 79.0 Å². The van der Waals surface area contributed by atoms with Gasteiger partial charge < -0.3 is 19.7 Å². The number of hydrogen-bond acceptors (Lipinski definition) is 4. The molecule has 0 unspecified atom stereocenters. The summed E-state index contributed by atoms with van der Waals surface area (Å²) < 4.78 is 5.38. The van der Waals surface area contributed by atoms with Crippen LogP contribution in [0.1, 0.15) is 35.2 Å². The maximum absolute atomic E-state index is 13.4. The lowest BCUT2D eigenvalue weighted by Gasteiger charge is -2.27. The van der Waals surface area contributed by atoms with Crippen LogP contribution in [0.15, 0.2) is 96.4 Å². The van der Waals surface area contributed by atoms with Crippen LogP contribution in [0, 0.1) is 0 Å². The fraction of sp³-hybridized carbons (Fsp3) is 0.188. The summed E-state index contributed by atoms with van der Waals surface area (Å²) in [5.74, 6) is -0.660. The molecule has 0 saturated carbocycles. The summed E-state index contributed by atoms with van der Waals surface area (Å²) in [5, 5.41) is 11.9. The number of hydrogen-bond donors (Lipinski definition) is 2. The molecule has 0 fully saturated rings. The van der Waals surface area contributed by atoms with Crippen molar-refractivity contribution in [1.29, 1.82) is 0 Å². The molecular weight excluding hydrogens is 476 g/mol. The Morgan fingerprint density at radius 2 is 1.84 bits per heavy atom. The predicted octanol–water partition coefficient (Wildman–Crippen LogP) is 5.96. The van der Waals surface area contributed by atoms with E-state index in [0.29, 0.717) is 13.0 Å². The van der Waals surface area contributed by atoms with Gasteiger partial charge in [0.1, 0.15) is 5.75 Å². The molecule has 0 aliphatic carbocycles. The van der Waals surface area contributed by atoms with Crippen molar-refractivity contribution in [1.82, 2.24) is 9.88 Å². The topological polar surface area (TPSA) is 82.6 Å². The molecule has 2 N–H and O–H groups in total. The van der Waals surface area contributed by atoms with Crippen LogP contribution in [0.4, 0.5) is 0 Å². The third-order valence-corrected chi connectivity index (χ3v) is 7.10. The molecule has 1 aromatic heterocycles. The molecule has 192 valence electrons. The van der Waals surface area contributed by atoms with Gasteiger partial charge in [-0.2, -0.15) is 0 Å². The Kier molecular flexibility index (Phi) is 7.13. The van der Waals surface area contributed by atoms with E-state index in [9.17, 15) is 14.7 Å². The smallest absolute Gasteiger partial charge is 0.290 e. The van der Waals surface area contributed by atoms with E-state index in [2.05, 4.69) is 11.9 Å². The number of aromatic nitrogens is 1. The molecule has 6 heteroatoms. The number of allylic oxidation sites excluding steroid dienone is 1. The van der Waals surface area contributed by atoms with Gasteiger partial charge in [-0.15, -0.1) is 0 Å². The summed E-state index contributed by atoms with van der Waals surface area (Å²) in [7, 11) is 1.63. The van der Waals surface area contributed by atoms with Crippen LogP contribution in [0.25, 0.3) is 17.0 Å². The van der Waals surface area contributed by atoms with E-state index in [0.717, 1.165) is 45.3 Å². The highest BCUT2D eigenvalue weighted by Crippen LogP contribution is 2.38. The molecule has 5 rings (SSSR count). The Hall–Kier alpha value is -4.58. The average Bonchev–Trinajstić information content (AvgIpc) is 3.48. The third kappa shape index (κ3) is 4.85. The normalized spacial score (nSPS) is 15.7. The van der Waals surface area contributed by atoms with Crippen LogP contribution in [0.5, 0.6) is 5.75 Å². The average molecular weight is 507 g/mol. The van der Waals surface area contributed by atoms with Crippen LogP contribution in [0.3, 0.4) is 0 Å². The molecule has 3 aromatic carbocycles. The number of rotatable bonds is 9. The van der Waals surface area contributed by atoms with Crippen molar-refractivity contribution in [2.24, 2.45) is 0 Å². The summed E-state index contributed by atoms with van der Waals surface area (Å²) in [6.45, 7) is 2.40. The lowest BCUT2D eigenvalue weighted by molar-refractivity contribution is -0.129. The van der Waals surface area contributed by atoms with Gasteiger partial charge in [-0.1, -0.05) is 67.6 Å². The number of aromatic amines is 1. The minimum Gasteiger partial charge on any atom is -0.503 e. The largest absolute Gasteiger partial charge is 0.503 e. The van der Waals surface area contributed by atoms with Crippen molar-refractivity contribution in [3.05, 3.63) is 119 Å². The van der Waals surface area contributed by atoms with Gasteiger partial charge in [-0.25, -0.2) is 0 Å². The Labute approximate surface area is 221 Å². The first-order valence-corrected chi connectivity index (χ1v) is 12.7. The molecule has 2 heterocycles. The Morgan fingerprint density at radius 1 is 1.08 bits per heavy atom. The fourth-order valence-corrected chi connectivity index (χ4v) is 4.98. The molecule has 6 nitrogen and oxygen atoms in total. The number of aryl methyl sites for hydroxylation is 1. The van der Waals surface area contributed by atoms with Crippen LogP contribution >= 0.6 is 0 Å². The summed E-state index contributed by atoms with van der Waals surface area (Å²) in [6, 6.07) is 22.5. The van der Waals surface area contributed by atoms with Crippen LogP contribution in [-0.2, 0) is 22.4 Å². The Morgan fingerprint density at radius 3 is 2.55 bits per heavy atom. The second-order valence-corrected chi connectivity index (χ2v) is 9.34. The highest BCUT2D eigenvalue weighted by Gasteiger charge is 2.42. The number of methoxy groups -OCH3 is 1. The van der Waals surface area contributed by atoms with Gasteiger partial charge in [-0.3, -0.25) is 9.59 Å². The van der Waals surface area contributed by atoms with Crippen molar-refractivity contribution in [2.45, 2.75) is 25.8 Å². The monoisotopic (exact) mass is 506 g/mol. The fourth-order valence-electron chi connectivity index (χ4n) is 4.98. The van der Waals surface area contributed by atoms with Crippen LogP contribution in [0.2, 0.25) is 0 Å². The van der Waals surface area contributed by atoms with E-state index in [1.165, 1.54) is 6.08 Å². The zero-order valence-corrected chi connectivity index (χ0v) is 21.5. The molecule has 0 saturated heterocycles. The number of ether oxygens (including phenoxy) is 1. The van der Waals surface area contributed by atoms with Gasteiger partial charge in [0, 0.05) is 23.6 Å². The number of nitrogens with zero attached hydrogens (tertiary/aromatic N) is 1. The third-order valence-electron chi connectivity index (χ3n) is 7.10. The molecule has 1 aliphatic rings. The van der Waals surface area contributed by atoms with Crippen molar-refractivity contribution >= 4 is 28.7 Å². The standard InChI is InChI=1S/C32H30N2O4/c1-3-21-9-12-23(13-10-21)30-29(28(35)16-11-22-7-5-4-6-8-22)31(36)32(37)34(30)18-17-24-20-33-27-15-14-25(38-2)19-26(24)27/h4-16,19-20,30,33,36H,3,17-18H2,1-2H3/b16-11+/t30-/m0/s1. The summed E-state index contributed by atoms with van der Waals surface area (Å²) >= 11 is 0. The first kappa shape index (κ1) is 25.1. The van der Waals surface area contributed by atoms with Gasteiger partial charge in [0.15, 0.2) is 11.5 Å². The molecule has 4 aromatic rings. The minimum absolute atomic E-state index is 0.104. The lowest BCUT2D eigenvalue weighted by atomic mass is 9.94. The van der Waals surface area contributed by atoms with Crippen molar-refractivity contribution < 1.29 is 19.4 Å². The highest BCUT2D eigenvalue weighted by molar-refractivity contribution is 6.14. The van der Waals surface area contributed by atoms with Gasteiger partial charge in [0.05, 0.1) is 18.7 Å². The number of carbonyl (C=O) groups excluding carboxylic acids is 2. The second kappa shape index (κ2) is 10.8. The van der Waals surface area contributed by atoms with Crippen molar-refractivity contribution in [3.8, 4) is 5.75 Å². The van der Waals surface area contributed by atoms with Gasteiger partial charge in [-0.05, 0) is 59.4 Å². The summed E-state index contributed by atoms with van der Waals surface area (Å²) in [5.41, 5.74) is 4.91. The summed E-state index contributed by atoms with van der Waals surface area (Å²) in [4.78, 5) is 31.6. The predicted molar refractivity (Wildman–Crippen MR) is 149 cm³/mol. The Balaban J connectivity index is 1.47. The molecule has 38 heavy (non-hydrogen) atoms. The van der Waals surface area contributed by atoms with E-state index in [4.69, 9.17) is 4.74 Å². The van der Waals surface area contributed by atoms with Crippen molar-refractivity contribution in [3.63, 3.8) is 0 Å². The Bertz CT molecular complexity index is 1530. The van der Waals surface area contributed by atoms with Gasteiger partial charge in [0.25, 0.3) is 5.91 Å².